The lowest BCUT2D eigenvalue weighted by Gasteiger charge is -2.20. The molecule has 274 valence electrons. The molecule has 0 fully saturated rings. The molecule has 4 heteroatoms. The SMILES string of the molecule is CCCCCCCCCCCCC/C=C/[C@@H](O)[C@H](CO)NC(=O)CCCCCCCCCCCCCCCCCCCCCCC. The Labute approximate surface area is 288 Å². The molecule has 0 unspecified atom stereocenters. The standard InChI is InChI=1S/C42H83NO3/c1-3-5-7-9-11-13-15-17-18-19-20-21-22-23-24-26-28-30-32-34-36-38-42(46)43-40(39-44)41(45)37-35-33-31-29-27-25-16-14-12-10-8-6-4-2/h35,37,40-41,44-45H,3-34,36,38-39H2,1-2H3,(H,43,46)/b37-35+/t40-,41+/m0/s1. The molecule has 0 bridgehead atoms. The van der Waals surface area contributed by atoms with E-state index < -0.39 is 12.1 Å². The largest absolute Gasteiger partial charge is 0.394 e. The number of amides is 1. The van der Waals surface area contributed by atoms with E-state index in [1.807, 2.05) is 6.08 Å². The van der Waals surface area contributed by atoms with Crippen molar-refractivity contribution in [3.63, 3.8) is 0 Å². The first kappa shape index (κ1) is 45.1. The predicted octanol–water partition coefficient (Wildman–Crippen LogP) is 12.7. The molecule has 0 aromatic rings. The fourth-order valence-electron chi connectivity index (χ4n) is 6.53. The molecule has 0 aliphatic carbocycles. The second kappa shape index (κ2) is 38.6. The van der Waals surface area contributed by atoms with E-state index in [9.17, 15) is 15.0 Å². The van der Waals surface area contributed by atoms with Crippen LogP contribution < -0.4 is 5.32 Å². The number of carbonyl (C=O) groups is 1. The van der Waals surface area contributed by atoms with Gasteiger partial charge in [-0.2, -0.15) is 0 Å². The van der Waals surface area contributed by atoms with E-state index in [0.717, 1.165) is 25.7 Å². The van der Waals surface area contributed by atoms with Gasteiger partial charge in [0.1, 0.15) is 0 Å². The summed E-state index contributed by atoms with van der Waals surface area (Å²) in [6.07, 6.45) is 47.4. The molecule has 0 saturated heterocycles. The summed E-state index contributed by atoms with van der Waals surface area (Å²) in [5.41, 5.74) is 0. The van der Waals surface area contributed by atoms with Gasteiger partial charge in [0.05, 0.1) is 18.8 Å². The van der Waals surface area contributed by atoms with Crippen LogP contribution in [0.15, 0.2) is 12.2 Å². The Kier molecular flexibility index (Phi) is 37.8. The summed E-state index contributed by atoms with van der Waals surface area (Å²) in [5.74, 6) is -0.0605. The maximum Gasteiger partial charge on any atom is 0.220 e. The van der Waals surface area contributed by atoms with E-state index in [1.54, 1.807) is 6.08 Å². The third-order valence-corrected chi connectivity index (χ3v) is 9.77. The summed E-state index contributed by atoms with van der Waals surface area (Å²) in [4.78, 5) is 12.3. The van der Waals surface area contributed by atoms with Crippen LogP contribution in [0, 0.1) is 0 Å². The monoisotopic (exact) mass is 650 g/mol. The predicted molar refractivity (Wildman–Crippen MR) is 202 cm³/mol. The summed E-state index contributed by atoms with van der Waals surface area (Å²) >= 11 is 0. The third kappa shape index (κ3) is 34.5. The molecule has 0 saturated carbocycles. The fourth-order valence-corrected chi connectivity index (χ4v) is 6.53. The van der Waals surface area contributed by atoms with Gasteiger partial charge in [-0.3, -0.25) is 4.79 Å². The lowest BCUT2D eigenvalue weighted by atomic mass is 10.0. The topological polar surface area (TPSA) is 69.6 Å². The number of hydrogen-bond donors (Lipinski definition) is 3. The van der Waals surface area contributed by atoms with Crippen LogP contribution in [0.4, 0.5) is 0 Å². The van der Waals surface area contributed by atoms with Crippen molar-refractivity contribution in [1.29, 1.82) is 0 Å². The summed E-state index contributed by atoms with van der Waals surface area (Å²) in [5, 5.41) is 22.9. The highest BCUT2D eigenvalue weighted by Crippen LogP contribution is 2.16. The van der Waals surface area contributed by atoms with E-state index in [-0.39, 0.29) is 12.5 Å². The molecule has 0 spiro atoms. The lowest BCUT2D eigenvalue weighted by Crippen LogP contribution is -2.45. The second-order valence-corrected chi connectivity index (χ2v) is 14.4. The van der Waals surface area contributed by atoms with Crippen LogP contribution >= 0.6 is 0 Å². The first-order valence-electron chi connectivity index (χ1n) is 20.9. The van der Waals surface area contributed by atoms with Gasteiger partial charge in [0.15, 0.2) is 0 Å². The van der Waals surface area contributed by atoms with Crippen LogP contribution in [0.5, 0.6) is 0 Å². The molecular weight excluding hydrogens is 566 g/mol. The minimum atomic E-state index is -0.832. The summed E-state index contributed by atoms with van der Waals surface area (Å²) in [7, 11) is 0. The first-order chi connectivity index (χ1) is 22.7. The number of hydrogen-bond acceptors (Lipinski definition) is 3. The van der Waals surface area contributed by atoms with E-state index >= 15 is 0 Å². The molecule has 0 aliphatic heterocycles. The highest BCUT2D eigenvalue weighted by atomic mass is 16.3. The molecular formula is C42H83NO3. The van der Waals surface area contributed by atoms with Gasteiger partial charge in [-0.1, -0.05) is 219 Å². The molecule has 0 aliphatic rings. The van der Waals surface area contributed by atoms with Crippen LogP contribution in [0.2, 0.25) is 0 Å². The van der Waals surface area contributed by atoms with E-state index in [0.29, 0.717) is 6.42 Å². The Morgan fingerprint density at radius 1 is 0.500 bits per heavy atom. The minimum absolute atomic E-state index is 0.0605. The molecule has 0 aromatic carbocycles. The molecule has 4 nitrogen and oxygen atoms in total. The van der Waals surface area contributed by atoms with Gasteiger partial charge in [0, 0.05) is 6.42 Å². The number of aliphatic hydroxyl groups excluding tert-OH is 2. The zero-order chi connectivity index (χ0) is 33.6. The first-order valence-corrected chi connectivity index (χ1v) is 20.9. The maximum absolute atomic E-state index is 12.3. The van der Waals surface area contributed by atoms with Crippen molar-refractivity contribution < 1.29 is 15.0 Å². The maximum atomic E-state index is 12.3. The third-order valence-electron chi connectivity index (χ3n) is 9.77. The van der Waals surface area contributed by atoms with Crippen molar-refractivity contribution in [2.24, 2.45) is 0 Å². The molecule has 0 radical (unpaired) electrons. The summed E-state index contributed by atoms with van der Waals surface area (Å²) in [6, 6.07) is -0.615. The van der Waals surface area contributed by atoms with Gasteiger partial charge in [-0.15, -0.1) is 0 Å². The zero-order valence-electron chi connectivity index (χ0n) is 31.4. The number of unbranched alkanes of at least 4 members (excludes halogenated alkanes) is 31. The number of rotatable bonds is 38. The van der Waals surface area contributed by atoms with Crippen molar-refractivity contribution in [3.05, 3.63) is 12.2 Å². The second-order valence-electron chi connectivity index (χ2n) is 14.4. The van der Waals surface area contributed by atoms with Gasteiger partial charge in [0.25, 0.3) is 0 Å². The summed E-state index contributed by atoms with van der Waals surface area (Å²) in [6.45, 7) is 4.32. The quantitative estimate of drug-likeness (QED) is 0.0460. The van der Waals surface area contributed by atoms with E-state index in [4.69, 9.17) is 0 Å². The average Bonchev–Trinajstić information content (AvgIpc) is 3.06. The van der Waals surface area contributed by atoms with Crippen LogP contribution in [0.1, 0.15) is 232 Å². The van der Waals surface area contributed by atoms with Crippen molar-refractivity contribution >= 4 is 5.91 Å². The lowest BCUT2D eigenvalue weighted by molar-refractivity contribution is -0.123. The number of carbonyl (C=O) groups excluding carboxylic acids is 1. The Hall–Kier alpha value is -0.870. The van der Waals surface area contributed by atoms with Gasteiger partial charge in [-0.05, 0) is 19.3 Å². The normalized spacial score (nSPS) is 13.0. The van der Waals surface area contributed by atoms with Gasteiger partial charge in [0.2, 0.25) is 5.91 Å². The van der Waals surface area contributed by atoms with Crippen molar-refractivity contribution in [3.8, 4) is 0 Å². The molecule has 3 N–H and O–H groups in total. The Morgan fingerprint density at radius 3 is 1.13 bits per heavy atom. The minimum Gasteiger partial charge on any atom is -0.394 e. The molecule has 46 heavy (non-hydrogen) atoms. The van der Waals surface area contributed by atoms with Crippen LogP contribution in [-0.2, 0) is 4.79 Å². The fraction of sp³-hybridized carbons (Fsp3) is 0.929. The number of allylic oxidation sites excluding steroid dienone is 1. The highest BCUT2D eigenvalue weighted by molar-refractivity contribution is 5.76. The molecule has 2 atom stereocenters. The van der Waals surface area contributed by atoms with Gasteiger partial charge in [-0.25, -0.2) is 0 Å². The van der Waals surface area contributed by atoms with E-state index in [1.165, 1.54) is 186 Å². The van der Waals surface area contributed by atoms with Crippen molar-refractivity contribution in [2.75, 3.05) is 6.61 Å². The number of aliphatic hydroxyl groups is 2. The number of nitrogens with one attached hydrogen (secondary N) is 1. The molecule has 0 heterocycles. The van der Waals surface area contributed by atoms with Crippen LogP contribution in [0.25, 0.3) is 0 Å². The zero-order valence-corrected chi connectivity index (χ0v) is 31.4. The van der Waals surface area contributed by atoms with Crippen molar-refractivity contribution in [2.45, 2.75) is 244 Å². The van der Waals surface area contributed by atoms with Crippen molar-refractivity contribution in [1.82, 2.24) is 5.32 Å². The molecule has 0 rings (SSSR count). The Morgan fingerprint density at radius 2 is 0.804 bits per heavy atom. The van der Waals surface area contributed by atoms with Crippen LogP contribution in [-0.4, -0.2) is 34.9 Å². The van der Waals surface area contributed by atoms with Gasteiger partial charge < -0.3 is 15.5 Å². The Bertz CT molecular complexity index is 622. The molecule has 0 aromatic heterocycles. The molecule has 1 amide bonds. The smallest absolute Gasteiger partial charge is 0.220 e. The van der Waals surface area contributed by atoms with Crippen LogP contribution in [0.3, 0.4) is 0 Å². The Balaban J connectivity index is 3.51. The van der Waals surface area contributed by atoms with Gasteiger partial charge >= 0.3 is 0 Å². The van der Waals surface area contributed by atoms with E-state index in [2.05, 4.69) is 19.2 Å². The highest BCUT2D eigenvalue weighted by Gasteiger charge is 2.17. The average molecular weight is 650 g/mol. The summed E-state index contributed by atoms with van der Waals surface area (Å²) < 4.78 is 0.